The molecule has 1 N–H and O–H groups in total. The molecule has 0 fully saturated rings. The van der Waals surface area contributed by atoms with E-state index in [0.717, 1.165) is 11.2 Å². The topological polar surface area (TPSA) is 78.3 Å². The average Bonchev–Trinajstić information content (AvgIpc) is 3.18. The molecule has 0 bridgehead atoms. The van der Waals surface area contributed by atoms with Crippen molar-refractivity contribution in [1.29, 1.82) is 0 Å². The normalized spacial score (nSPS) is 12.7. The monoisotopic (exact) mass is 400 g/mol. The van der Waals surface area contributed by atoms with Gasteiger partial charge in [0.1, 0.15) is 24.2 Å². The molecule has 3 aromatic carbocycles. The van der Waals surface area contributed by atoms with Crippen LogP contribution in [-0.4, -0.2) is 34.1 Å². The summed E-state index contributed by atoms with van der Waals surface area (Å²) in [6, 6.07) is 16.7. The van der Waals surface area contributed by atoms with E-state index in [1.165, 1.54) is 11.1 Å². The third kappa shape index (κ3) is 3.34. The van der Waals surface area contributed by atoms with Crippen LogP contribution in [0.15, 0.2) is 54.6 Å². The zero-order valence-corrected chi connectivity index (χ0v) is 16.7. The third-order valence-corrected chi connectivity index (χ3v) is 5.16. The smallest absolute Gasteiger partial charge is 0.255 e. The lowest BCUT2D eigenvalue weighted by molar-refractivity contribution is 0.102. The number of fused-ring (bicyclic) bond motifs is 2. The number of aryl methyl sites for hydroxylation is 2. The summed E-state index contributed by atoms with van der Waals surface area (Å²) in [6.07, 6.45) is 0. The maximum absolute atomic E-state index is 12.7. The number of ether oxygens (including phenoxy) is 2. The number of benzene rings is 3. The Morgan fingerprint density at radius 2 is 1.67 bits per heavy atom. The van der Waals surface area contributed by atoms with Crippen LogP contribution < -0.4 is 14.8 Å². The number of carbonyl (C=O) groups is 1. The van der Waals surface area contributed by atoms with Gasteiger partial charge in [0.2, 0.25) is 0 Å². The first-order valence-electron chi connectivity index (χ1n) is 9.72. The van der Waals surface area contributed by atoms with Gasteiger partial charge in [0.25, 0.3) is 5.91 Å². The maximum atomic E-state index is 12.7. The standard InChI is InChI=1S/C23H20N4O3/c1-14-3-6-18(11-15(14)2)27-25-19-7-5-17(13-20(19)26-27)24-23(28)16-4-8-21-22(12-16)30-10-9-29-21/h3-8,11-13H,9-10H2,1-2H3,(H,24,28). The van der Waals surface area contributed by atoms with Gasteiger partial charge in [-0.25, -0.2) is 0 Å². The van der Waals surface area contributed by atoms with Gasteiger partial charge in [0.05, 0.1) is 5.69 Å². The fourth-order valence-electron chi connectivity index (χ4n) is 3.35. The Morgan fingerprint density at radius 3 is 2.50 bits per heavy atom. The molecule has 0 spiro atoms. The second kappa shape index (κ2) is 7.18. The van der Waals surface area contributed by atoms with E-state index in [0.29, 0.717) is 41.5 Å². The number of rotatable bonds is 3. The molecule has 4 aromatic rings. The minimum atomic E-state index is -0.229. The van der Waals surface area contributed by atoms with Gasteiger partial charge in [-0.3, -0.25) is 4.79 Å². The molecule has 7 nitrogen and oxygen atoms in total. The first-order valence-corrected chi connectivity index (χ1v) is 9.72. The zero-order chi connectivity index (χ0) is 20.7. The molecule has 0 saturated carbocycles. The number of nitrogens with one attached hydrogen (secondary N) is 1. The lowest BCUT2D eigenvalue weighted by Gasteiger charge is -2.18. The van der Waals surface area contributed by atoms with Crippen molar-refractivity contribution in [2.45, 2.75) is 13.8 Å². The Kier molecular flexibility index (Phi) is 4.35. The van der Waals surface area contributed by atoms with Crippen LogP contribution in [0, 0.1) is 13.8 Å². The molecule has 150 valence electrons. The predicted molar refractivity (Wildman–Crippen MR) is 114 cm³/mol. The largest absolute Gasteiger partial charge is 0.486 e. The number of amides is 1. The van der Waals surface area contributed by atoms with Crippen molar-refractivity contribution >= 4 is 22.6 Å². The van der Waals surface area contributed by atoms with E-state index in [4.69, 9.17) is 9.47 Å². The maximum Gasteiger partial charge on any atom is 0.255 e. The SMILES string of the molecule is Cc1ccc(-n2nc3ccc(NC(=O)c4ccc5c(c4)OCCO5)cc3n2)cc1C. The van der Waals surface area contributed by atoms with Gasteiger partial charge in [0, 0.05) is 11.3 Å². The van der Waals surface area contributed by atoms with Gasteiger partial charge in [-0.1, -0.05) is 6.07 Å². The van der Waals surface area contributed by atoms with Crippen LogP contribution in [0.3, 0.4) is 0 Å². The molecule has 1 aliphatic heterocycles. The van der Waals surface area contributed by atoms with E-state index in [1.807, 2.05) is 24.3 Å². The van der Waals surface area contributed by atoms with E-state index in [2.05, 4.69) is 41.5 Å². The number of hydrogen-bond donors (Lipinski definition) is 1. The van der Waals surface area contributed by atoms with E-state index in [1.54, 1.807) is 23.0 Å². The van der Waals surface area contributed by atoms with Crippen LogP contribution >= 0.6 is 0 Å². The Morgan fingerprint density at radius 1 is 0.867 bits per heavy atom. The molecule has 2 heterocycles. The van der Waals surface area contributed by atoms with Crippen LogP contribution in [0.4, 0.5) is 5.69 Å². The molecule has 1 aromatic heterocycles. The summed E-state index contributed by atoms with van der Waals surface area (Å²) in [6.45, 7) is 5.13. The average molecular weight is 400 g/mol. The molecular formula is C23H20N4O3. The highest BCUT2D eigenvalue weighted by atomic mass is 16.6. The van der Waals surface area contributed by atoms with Gasteiger partial charge in [-0.05, 0) is 73.5 Å². The summed E-state index contributed by atoms with van der Waals surface area (Å²) < 4.78 is 11.1. The van der Waals surface area contributed by atoms with Crippen LogP contribution in [-0.2, 0) is 0 Å². The van der Waals surface area contributed by atoms with Gasteiger partial charge in [-0.15, -0.1) is 10.2 Å². The van der Waals surface area contributed by atoms with E-state index in [-0.39, 0.29) is 5.91 Å². The third-order valence-electron chi connectivity index (χ3n) is 5.16. The predicted octanol–water partition coefficient (Wildman–Crippen LogP) is 4.06. The summed E-state index contributed by atoms with van der Waals surface area (Å²) in [5.74, 6) is 1.01. The van der Waals surface area contributed by atoms with Crippen LogP contribution in [0.5, 0.6) is 11.5 Å². The van der Waals surface area contributed by atoms with Crippen molar-refractivity contribution < 1.29 is 14.3 Å². The van der Waals surface area contributed by atoms with Crippen LogP contribution in [0.25, 0.3) is 16.7 Å². The lowest BCUT2D eigenvalue weighted by Crippen LogP contribution is -2.17. The van der Waals surface area contributed by atoms with E-state index < -0.39 is 0 Å². The van der Waals surface area contributed by atoms with Crippen LogP contribution in [0.1, 0.15) is 21.5 Å². The summed E-state index contributed by atoms with van der Waals surface area (Å²) in [5, 5.41) is 12.0. The quantitative estimate of drug-likeness (QED) is 0.561. The Hall–Kier alpha value is -3.87. The number of aromatic nitrogens is 3. The number of hydrogen-bond acceptors (Lipinski definition) is 5. The first-order chi connectivity index (χ1) is 14.6. The van der Waals surface area contributed by atoms with Gasteiger partial charge < -0.3 is 14.8 Å². The lowest BCUT2D eigenvalue weighted by atomic mass is 10.1. The molecule has 7 heteroatoms. The van der Waals surface area contributed by atoms with E-state index in [9.17, 15) is 4.79 Å². The van der Waals surface area contributed by atoms with Crippen molar-refractivity contribution in [3.05, 3.63) is 71.3 Å². The fraction of sp³-hybridized carbons (Fsp3) is 0.174. The Bertz CT molecular complexity index is 1280. The van der Waals surface area contributed by atoms with Gasteiger partial charge in [-0.2, -0.15) is 4.80 Å². The molecule has 0 aliphatic carbocycles. The number of carbonyl (C=O) groups excluding carboxylic acids is 1. The molecule has 0 atom stereocenters. The minimum Gasteiger partial charge on any atom is -0.486 e. The zero-order valence-electron chi connectivity index (χ0n) is 16.7. The fourth-order valence-corrected chi connectivity index (χ4v) is 3.35. The molecular weight excluding hydrogens is 380 g/mol. The van der Waals surface area contributed by atoms with Crippen LogP contribution in [0.2, 0.25) is 0 Å². The first kappa shape index (κ1) is 18.2. The van der Waals surface area contributed by atoms with Crippen molar-refractivity contribution in [2.75, 3.05) is 18.5 Å². The Balaban J connectivity index is 1.40. The highest BCUT2D eigenvalue weighted by Gasteiger charge is 2.15. The minimum absolute atomic E-state index is 0.229. The highest BCUT2D eigenvalue weighted by molar-refractivity contribution is 6.05. The molecule has 0 saturated heterocycles. The number of nitrogens with zero attached hydrogens (tertiary/aromatic N) is 3. The molecule has 0 radical (unpaired) electrons. The van der Waals surface area contributed by atoms with Crippen molar-refractivity contribution in [1.82, 2.24) is 15.0 Å². The molecule has 1 aliphatic rings. The van der Waals surface area contributed by atoms with Crippen molar-refractivity contribution in [3.63, 3.8) is 0 Å². The second-order valence-electron chi connectivity index (χ2n) is 7.27. The second-order valence-corrected chi connectivity index (χ2v) is 7.27. The summed E-state index contributed by atoms with van der Waals surface area (Å²) in [7, 11) is 0. The molecule has 30 heavy (non-hydrogen) atoms. The van der Waals surface area contributed by atoms with Crippen molar-refractivity contribution in [2.24, 2.45) is 0 Å². The van der Waals surface area contributed by atoms with Gasteiger partial charge >= 0.3 is 0 Å². The van der Waals surface area contributed by atoms with Crippen molar-refractivity contribution in [3.8, 4) is 17.2 Å². The summed E-state index contributed by atoms with van der Waals surface area (Å²) >= 11 is 0. The van der Waals surface area contributed by atoms with E-state index >= 15 is 0 Å². The number of anilines is 1. The molecule has 1 amide bonds. The molecule has 0 unspecified atom stereocenters. The molecule has 5 rings (SSSR count). The Labute approximate surface area is 173 Å². The van der Waals surface area contributed by atoms with Gasteiger partial charge in [0.15, 0.2) is 11.5 Å². The highest BCUT2D eigenvalue weighted by Crippen LogP contribution is 2.31. The summed E-state index contributed by atoms with van der Waals surface area (Å²) in [5.41, 5.74) is 5.91. The summed E-state index contributed by atoms with van der Waals surface area (Å²) in [4.78, 5) is 14.3.